The molecule has 0 aliphatic carbocycles. The zero-order valence-electron chi connectivity index (χ0n) is 13.6. The zero-order valence-corrected chi connectivity index (χ0v) is 13.6. The fourth-order valence-electron chi connectivity index (χ4n) is 1.95. The molecule has 1 rings (SSSR count). The van der Waals surface area contributed by atoms with Gasteiger partial charge in [0, 0.05) is 25.2 Å². The standard InChI is InChI=1S/C15H22N2O5/c1-6-17(7-2)15(19)14(18)16-13-11(21-4)8-10(20-3)9-12(13)22-5/h8-9H,6-7H2,1-5H3,(H,16,18). The highest BCUT2D eigenvalue weighted by Crippen LogP contribution is 2.38. The van der Waals surface area contributed by atoms with E-state index >= 15 is 0 Å². The molecule has 0 aliphatic heterocycles. The molecule has 0 spiro atoms. The monoisotopic (exact) mass is 310 g/mol. The van der Waals surface area contributed by atoms with Crippen molar-refractivity contribution in [1.82, 2.24) is 4.90 Å². The zero-order chi connectivity index (χ0) is 16.7. The van der Waals surface area contributed by atoms with E-state index < -0.39 is 11.8 Å². The maximum Gasteiger partial charge on any atom is 0.314 e. The van der Waals surface area contributed by atoms with E-state index in [0.717, 1.165) is 0 Å². The quantitative estimate of drug-likeness (QED) is 0.806. The molecule has 1 N–H and O–H groups in total. The van der Waals surface area contributed by atoms with Gasteiger partial charge in [-0.15, -0.1) is 0 Å². The van der Waals surface area contributed by atoms with Gasteiger partial charge in [0.25, 0.3) is 0 Å². The summed E-state index contributed by atoms with van der Waals surface area (Å²) in [6, 6.07) is 3.19. The maximum absolute atomic E-state index is 12.1. The molecule has 7 nitrogen and oxygen atoms in total. The van der Waals surface area contributed by atoms with Gasteiger partial charge in [-0.1, -0.05) is 0 Å². The average Bonchev–Trinajstić information content (AvgIpc) is 2.55. The number of benzene rings is 1. The SMILES string of the molecule is CCN(CC)C(=O)C(=O)Nc1c(OC)cc(OC)cc1OC. The number of rotatable bonds is 6. The lowest BCUT2D eigenvalue weighted by Crippen LogP contribution is -2.39. The highest BCUT2D eigenvalue weighted by atomic mass is 16.5. The molecule has 0 aromatic heterocycles. The minimum Gasteiger partial charge on any atom is -0.496 e. The van der Waals surface area contributed by atoms with Crippen LogP contribution in [0.2, 0.25) is 0 Å². The predicted octanol–water partition coefficient (Wildman–Crippen LogP) is 1.52. The molecule has 0 radical (unpaired) electrons. The molecule has 2 amide bonds. The van der Waals surface area contributed by atoms with Gasteiger partial charge in [-0.3, -0.25) is 9.59 Å². The van der Waals surface area contributed by atoms with Crippen LogP contribution in [0.5, 0.6) is 17.2 Å². The van der Waals surface area contributed by atoms with E-state index in [2.05, 4.69) is 5.32 Å². The number of carbonyl (C=O) groups is 2. The topological polar surface area (TPSA) is 77.1 Å². The second-order valence-corrected chi connectivity index (χ2v) is 4.34. The van der Waals surface area contributed by atoms with Crippen LogP contribution in [0.3, 0.4) is 0 Å². The lowest BCUT2D eigenvalue weighted by Gasteiger charge is -2.19. The number of hydrogen-bond donors (Lipinski definition) is 1. The first-order chi connectivity index (χ1) is 10.5. The molecule has 1 aromatic carbocycles. The molecule has 0 unspecified atom stereocenters. The first kappa shape index (κ1) is 17.6. The molecule has 122 valence electrons. The van der Waals surface area contributed by atoms with Gasteiger partial charge in [0.15, 0.2) is 0 Å². The fourth-order valence-corrected chi connectivity index (χ4v) is 1.95. The van der Waals surface area contributed by atoms with Gasteiger partial charge >= 0.3 is 11.8 Å². The minimum atomic E-state index is -0.745. The maximum atomic E-state index is 12.1. The third kappa shape index (κ3) is 3.81. The predicted molar refractivity (Wildman–Crippen MR) is 82.7 cm³/mol. The van der Waals surface area contributed by atoms with Crippen molar-refractivity contribution >= 4 is 17.5 Å². The Morgan fingerprint density at radius 3 is 1.86 bits per heavy atom. The number of amides is 2. The highest BCUT2D eigenvalue weighted by Gasteiger charge is 2.23. The Bertz CT molecular complexity index is 516. The number of carbonyl (C=O) groups excluding carboxylic acids is 2. The van der Waals surface area contributed by atoms with E-state index in [1.807, 2.05) is 13.8 Å². The van der Waals surface area contributed by atoms with E-state index in [9.17, 15) is 9.59 Å². The van der Waals surface area contributed by atoms with Crippen LogP contribution in [0.4, 0.5) is 5.69 Å². The van der Waals surface area contributed by atoms with Gasteiger partial charge < -0.3 is 24.4 Å². The smallest absolute Gasteiger partial charge is 0.314 e. The molecule has 0 atom stereocenters. The number of nitrogens with zero attached hydrogens (tertiary/aromatic N) is 1. The minimum absolute atomic E-state index is 0.288. The summed E-state index contributed by atoms with van der Waals surface area (Å²) in [6.45, 7) is 4.53. The molecule has 0 bridgehead atoms. The van der Waals surface area contributed by atoms with Crippen molar-refractivity contribution in [2.75, 3.05) is 39.7 Å². The molecule has 1 aromatic rings. The van der Waals surface area contributed by atoms with Crippen molar-refractivity contribution in [2.24, 2.45) is 0 Å². The highest BCUT2D eigenvalue weighted by molar-refractivity contribution is 6.39. The van der Waals surface area contributed by atoms with Crippen LogP contribution in [-0.2, 0) is 9.59 Å². The Kier molecular flexibility index (Phi) is 6.49. The molecular weight excluding hydrogens is 288 g/mol. The van der Waals surface area contributed by atoms with Gasteiger partial charge in [0.05, 0.1) is 21.3 Å². The summed E-state index contributed by atoms with van der Waals surface area (Å²) in [5, 5.41) is 2.55. The number of methoxy groups -OCH3 is 3. The van der Waals surface area contributed by atoms with E-state index in [-0.39, 0.29) is 5.69 Å². The molecule has 0 fully saturated rings. The molecule has 0 heterocycles. The van der Waals surface area contributed by atoms with Crippen LogP contribution in [0.25, 0.3) is 0 Å². The summed E-state index contributed by atoms with van der Waals surface area (Å²) in [7, 11) is 4.42. The summed E-state index contributed by atoms with van der Waals surface area (Å²) >= 11 is 0. The van der Waals surface area contributed by atoms with E-state index in [0.29, 0.717) is 30.3 Å². The van der Waals surface area contributed by atoms with E-state index in [1.165, 1.54) is 26.2 Å². The van der Waals surface area contributed by atoms with Crippen LogP contribution in [-0.4, -0.2) is 51.1 Å². The van der Waals surface area contributed by atoms with Gasteiger partial charge in [0.2, 0.25) is 0 Å². The average molecular weight is 310 g/mol. The second-order valence-electron chi connectivity index (χ2n) is 4.34. The Morgan fingerprint density at radius 2 is 1.50 bits per heavy atom. The summed E-state index contributed by atoms with van der Waals surface area (Å²) < 4.78 is 15.6. The summed E-state index contributed by atoms with van der Waals surface area (Å²) in [5.41, 5.74) is 0.288. The lowest BCUT2D eigenvalue weighted by molar-refractivity contribution is -0.142. The van der Waals surface area contributed by atoms with E-state index in [4.69, 9.17) is 14.2 Å². The number of anilines is 1. The van der Waals surface area contributed by atoms with Crippen LogP contribution in [0, 0.1) is 0 Å². The summed E-state index contributed by atoms with van der Waals surface area (Å²) in [5.74, 6) is -0.147. The number of likely N-dealkylation sites (N-methyl/N-ethyl adjacent to an activating group) is 1. The fraction of sp³-hybridized carbons (Fsp3) is 0.467. The van der Waals surface area contributed by atoms with Crippen LogP contribution in [0.15, 0.2) is 12.1 Å². The number of hydrogen-bond acceptors (Lipinski definition) is 5. The largest absolute Gasteiger partial charge is 0.496 e. The lowest BCUT2D eigenvalue weighted by atomic mass is 10.2. The summed E-state index contributed by atoms with van der Waals surface area (Å²) in [6.07, 6.45) is 0. The van der Waals surface area contributed by atoms with E-state index in [1.54, 1.807) is 12.1 Å². The van der Waals surface area contributed by atoms with Gasteiger partial charge in [-0.25, -0.2) is 0 Å². The molecule has 0 saturated heterocycles. The Labute approximate surface area is 130 Å². The molecule has 22 heavy (non-hydrogen) atoms. The number of nitrogens with one attached hydrogen (secondary N) is 1. The van der Waals surface area contributed by atoms with Crippen LogP contribution in [0.1, 0.15) is 13.8 Å². The van der Waals surface area contributed by atoms with Crippen molar-refractivity contribution in [1.29, 1.82) is 0 Å². The first-order valence-electron chi connectivity index (χ1n) is 6.92. The van der Waals surface area contributed by atoms with Gasteiger partial charge in [-0.2, -0.15) is 0 Å². The number of ether oxygens (including phenoxy) is 3. The normalized spacial score (nSPS) is 9.86. The van der Waals surface area contributed by atoms with Crippen molar-refractivity contribution < 1.29 is 23.8 Å². The van der Waals surface area contributed by atoms with Crippen molar-refractivity contribution in [3.63, 3.8) is 0 Å². The molecule has 7 heteroatoms. The third-order valence-electron chi connectivity index (χ3n) is 3.20. The van der Waals surface area contributed by atoms with Gasteiger partial charge in [0.1, 0.15) is 22.9 Å². The van der Waals surface area contributed by atoms with Crippen molar-refractivity contribution in [2.45, 2.75) is 13.8 Å². The molecule has 0 saturated carbocycles. The third-order valence-corrected chi connectivity index (χ3v) is 3.20. The van der Waals surface area contributed by atoms with Gasteiger partial charge in [-0.05, 0) is 13.8 Å². The van der Waals surface area contributed by atoms with Crippen molar-refractivity contribution in [3.05, 3.63) is 12.1 Å². The first-order valence-corrected chi connectivity index (χ1v) is 6.92. The molecule has 0 aliphatic rings. The van der Waals surface area contributed by atoms with Crippen LogP contribution < -0.4 is 19.5 Å². The summed E-state index contributed by atoms with van der Waals surface area (Å²) in [4.78, 5) is 25.6. The Balaban J connectivity index is 3.11. The van der Waals surface area contributed by atoms with Crippen molar-refractivity contribution in [3.8, 4) is 17.2 Å². The Hall–Kier alpha value is -2.44. The van der Waals surface area contributed by atoms with Crippen LogP contribution >= 0.6 is 0 Å². The molecular formula is C15H22N2O5. The Morgan fingerprint density at radius 1 is 1.00 bits per heavy atom. The second kappa shape index (κ2) is 8.11.